The summed E-state index contributed by atoms with van der Waals surface area (Å²) in [5, 5.41) is 0. The Balaban J connectivity index is 1.58. The molecule has 1 aromatic heterocycles. The van der Waals surface area contributed by atoms with Gasteiger partial charge in [-0.05, 0) is 36.1 Å². The normalized spacial score (nSPS) is 13.7. The number of aromatic nitrogens is 2. The van der Waals surface area contributed by atoms with E-state index in [4.69, 9.17) is 0 Å². The van der Waals surface area contributed by atoms with Gasteiger partial charge in [0.05, 0.1) is 18.4 Å². The van der Waals surface area contributed by atoms with Crippen molar-refractivity contribution < 1.29 is 4.57 Å². The van der Waals surface area contributed by atoms with Crippen molar-refractivity contribution in [2.75, 3.05) is 0 Å². The molecule has 0 aliphatic carbocycles. The molecule has 0 bridgehead atoms. The summed E-state index contributed by atoms with van der Waals surface area (Å²) < 4.78 is 3.94. The topological polar surface area (TPSA) is 21.2 Å². The number of aliphatic imine (C=N–C) groups is 1. The van der Waals surface area contributed by atoms with E-state index in [-0.39, 0.29) is 0 Å². The van der Waals surface area contributed by atoms with E-state index in [2.05, 4.69) is 72.9 Å². The SMILES string of the molecule is CC1=CCC(c2cccc(Cc3cccc(-n4[c-][n+](C)cc4)c3)c2)=N1. The second-order valence-corrected chi connectivity index (χ2v) is 6.53. The molecule has 1 aliphatic rings. The van der Waals surface area contributed by atoms with Crippen molar-refractivity contribution >= 4 is 5.71 Å². The quantitative estimate of drug-likeness (QED) is 0.514. The van der Waals surface area contributed by atoms with Gasteiger partial charge in [0, 0.05) is 24.5 Å². The first kappa shape index (κ1) is 15.6. The summed E-state index contributed by atoms with van der Waals surface area (Å²) in [7, 11) is 1.98. The Kier molecular flexibility index (Phi) is 4.06. The van der Waals surface area contributed by atoms with Gasteiger partial charge >= 0.3 is 0 Å². The lowest BCUT2D eigenvalue weighted by Gasteiger charge is -2.08. The van der Waals surface area contributed by atoms with Crippen LogP contribution in [0.15, 0.2) is 77.7 Å². The van der Waals surface area contributed by atoms with E-state index >= 15 is 0 Å². The van der Waals surface area contributed by atoms with Crippen LogP contribution < -0.4 is 4.57 Å². The number of benzene rings is 2. The highest BCUT2D eigenvalue weighted by Crippen LogP contribution is 2.19. The highest BCUT2D eigenvalue weighted by molar-refractivity contribution is 6.03. The van der Waals surface area contributed by atoms with Crippen molar-refractivity contribution in [3.63, 3.8) is 0 Å². The lowest BCUT2D eigenvalue weighted by Crippen LogP contribution is -2.24. The number of imidazole rings is 1. The van der Waals surface area contributed by atoms with Crippen LogP contribution >= 0.6 is 0 Å². The first-order valence-electron chi connectivity index (χ1n) is 8.57. The van der Waals surface area contributed by atoms with Gasteiger partial charge in [0.15, 0.2) is 0 Å². The van der Waals surface area contributed by atoms with E-state index in [0.29, 0.717) is 0 Å². The molecule has 0 atom stereocenters. The fraction of sp³-hybridized carbons (Fsp3) is 0.182. The Bertz CT molecular complexity index is 976. The lowest BCUT2D eigenvalue weighted by atomic mass is 10.00. The number of nitrogens with zero attached hydrogens (tertiary/aromatic N) is 3. The number of aryl methyl sites for hydroxylation is 1. The number of rotatable bonds is 4. The molecule has 0 saturated heterocycles. The maximum absolute atomic E-state index is 4.63. The van der Waals surface area contributed by atoms with Crippen LogP contribution in [0.25, 0.3) is 5.69 Å². The highest BCUT2D eigenvalue weighted by Gasteiger charge is 2.09. The smallest absolute Gasteiger partial charge is 0.243 e. The lowest BCUT2D eigenvalue weighted by molar-refractivity contribution is -0.674. The van der Waals surface area contributed by atoms with Crippen LogP contribution in [-0.2, 0) is 13.5 Å². The second-order valence-electron chi connectivity index (χ2n) is 6.53. The molecule has 25 heavy (non-hydrogen) atoms. The standard InChI is InChI=1S/C22H21N3/c1-17-9-10-22(23-17)20-7-3-5-18(14-20)13-19-6-4-8-21(15-19)25-12-11-24(2)16-25/h3-9,11-12,14-15H,10,13H2,1-2H3. The summed E-state index contributed by atoms with van der Waals surface area (Å²) in [6.45, 7) is 2.06. The predicted octanol–water partition coefficient (Wildman–Crippen LogP) is 3.79. The van der Waals surface area contributed by atoms with Gasteiger partial charge in [0.2, 0.25) is 6.33 Å². The van der Waals surface area contributed by atoms with E-state index in [0.717, 1.165) is 24.2 Å². The third-order valence-electron chi connectivity index (χ3n) is 4.46. The predicted molar refractivity (Wildman–Crippen MR) is 99.9 cm³/mol. The molecule has 4 rings (SSSR count). The van der Waals surface area contributed by atoms with Crippen molar-refractivity contribution in [1.29, 1.82) is 0 Å². The minimum absolute atomic E-state index is 0.911. The molecule has 2 aromatic carbocycles. The fourth-order valence-electron chi connectivity index (χ4n) is 3.19. The van der Waals surface area contributed by atoms with Crippen LogP contribution in [0, 0.1) is 6.33 Å². The zero-order chi connectivity index (χ0) is 17.2. The van der Waals surface area contributed by atoms with Crippen LogP contribution in [0.5, 0.6) is 0 Å². The minimum Gasteiger partial charge on any atom is -0.326 e. The molecule has 124 valence electrons. The molecule has 0 N–H and O–H groups in total. The Hall–Kier alpha value is -2.94. The Morgan fingerprint density at radius 3 is 2.64 bits per heavy atom. The Morgan fingerprint density at radius 2 is 1.92 bits per heavy atom. The average molecular weight is 327 g/mol. The minimum atomic E-state index is 0.911. The maximum Gasteiger partial charge on any atom is 0.243 e. The highest BCUT2D eigenvalue weighted by atomic mass is 15.1. The van der Waals surface area contributed by atoms with E-state index in [1.807, 2.05) is 28.6 Å². The first-order chi connectivity index (χ1) is 12.2. The van der Waals surface area contributed by atoms with Gasteiger partial charge in [-0.25, -0.2) is 0 Å². The van der Waals surface area contributed by atoms with Gasteiger partial charge in [-0.1, -0.05) is 48.5 Å². The number of allylic oxidation sites excluding steroid dienone is 2. The van der Waals surface area contributed by atoms with Crippen molar-refractivity contribution in [3.8, 4) is 5.69 Å². The van der Waals surface area contributed by atoms with Gasteiger partial charge in [-0.3, -0.25) is 4.99 Å². The molecular weight excluding hydrogens is 306 g/mol. The van der Waals surface area contributed by atoms with Crippen LogP contribution in [0.3, 0.4) is 0 Å². The van der Waals surface area contributed by atoms with E-state index < -0.39 is 0 Å². The molecule has 0 fully saturated rings. The van der Waals surface area contributed by atoms with E-state index in [1.54, 1.807) is 0 Å². The fourth-order valence-corrected chi connectivity index (χ4v) is 3.19. The molecule has 2 heterocycles. The van der Waals surface area contributed by atoms with Crippen molar-refractivity contribution in [2.45, 2.75) is 19.8 Å². The van der Waals surface area contributed by atoms with Crippen LogP contribution in [0.2, 0.25) is 0 Å². The van der Waals surface area contributed by atoms with Gasteiger partial charge in [0.25, 0.3) is 0 Å². The monoisotopic (exact) mass is 327 g/mol. The number of hydrogen-bond acceptors (Lipinski definition) is 1. The molecule has 3 heteroatoms. The maximum atomic E-state index is 4.63. The second kappa shape index (κ2) is 6.52. The molecule has 0 radical (unpaired) electrons. The molecule has 1 aliphatic heterocycles. The van der Waals surface area contributed by atoms with Crippen LogP contribution in [-0.4, -0.2) is 10.3 Å². The molecular formula is C22H21N3. The molecule has 0 saturated carbocycles. The van der Waals surface area contributed by atoms with E-state index in [1.165, 1.54) is 22.4 Å². The summed E-state index contributed by atoms with van der Waals surface area (Å²) in [6, 6.07) is 17.4. The molecule has 0 spiro atoms. The van der Waals surface area contributed by atoms with Gasteiger partial charge in [-0.2, -0.15) is 0 Å². The van der Waals surface area contributed by atoms with Crippen LogP contribution in [0.4, 0.5) is 0 Å². The van der Waals surface area contributed by atoms with E-state index in [9.17, 15) is 0 Å². The van der Waals surface area contributed by atoms with Gasteiger partial charge in [-0.15, -0.1) is 0 Å². The summed E-state index contributed by atoms with van der Waals surface area (Å²) in [5.74, 6) is 0. The summed E-state index contributed by atoms with van der Waals surface area (Å²) >= 11 is 0. The summed E-state index contributed by atoms with van der Waals surface area (Å²) in [6.07, 6.45) is 11.3. The molecule has 3 nitrogen and oxygen atoms in total. The molecule has 0 unspecified atom stereocenters. The van der Waals surface area contributed by atoms with Crippen molar-refractivity contribution in [3.05, 3.63) is 95.7 Å². The molecule has 3 aromatic rings. The zero-order valence-corrected chi connectivity index (χ0v) is 14.6. The van der Waals surface area contributed by atoms with Crippen LogP contribution in [0.1, 0.15) is 30.0 Å². The third kappa shape index (κ3) is 3.45. The average Bonchev–Trinajstić information content (AvgIpc) is 3.24. The largest absolute Gasteiger partial charge is 0.326 e. The Labute approximate surface area is 148 Å². The first-order valence-corrected chi connectivity index (χ1v) is 8.57. The zero-order valence-electron chi connectivity index (χ0n) is 14.6. The summed E-state index contributed by atoms with van der Waals surface area (Å²) in [4.78, 5) is 4.63. The van der Waals surface area contributed by atoms with Crippen molar-refractivity contribution in [1.82, 2.24) is 4.57 Å². The van der Waals surface area contributed by atoms with Gasteiger partial charge < -0.3 is 9.13 Å². The molecule has 0 amide bonds. The third-order valence-corrected chi connectivity index (χ3v) is 4.46. The van der Waals surface area contributed by atoms with Crippen molar-refractivity contribution in [2.24, 2.45) is 12.0 Å². The van der Waals surface area contributed by atoms with Gasteiger partial charge in [0.1, 0.15) is 0 Å². The summed E-state index contributed by atoms with van der Waals surface area (Å²) in [5.41, 5.74) is 7.25. The number of hydrogen-bond donors (Lipinski definition) is 0. The Morgan fingerprint density at radius 1 is 1.12 bits per heavy atom.